The predicted octanol–water partition coefficient (Wildman–Crippen LogP) is 5.42. The molecule has 0 fully saturated rings. The Morgan fingerprint density at radius 1 is 0.963 bits per heavy atom. The van der Waals surface area contributed by atoms with Gasteiger partial charge < -0.3 is 4.74 Å². The highest BCUT2D eigenvalue weighted by atomic mass is 32.2. The van der Waals surface area contributed by atoms with E-state index in [1.807, 2.05) is 12.1 Å². The van der Waals surface area contributed by atoms with Crippen molar-refractivity contribution in [3.05, 3.63) is 65.7 Å². The van der Waals surface area contributed by atoms with Crippen molar-refractivity contribution in [3.8, 4) is 5.75 Å². The molecule has 0 spiro atoms. The molecule has 5 heteroatoms. The Hall–Kier alpha value is -1.85. The summed E-state index contributed by atoms with van der Waals surface area (Å²) in [4.78, 5) is 0. The van der Waals surface area contributed by atoms with Gasteiger partial charge in [0.25, 0.3) is 10.1 Å². The molecular formula is C22H30O4S. The number of hydrogen-bond donors (Lipinski definition) is 1. The Balaban J connectivity index is 1.81. The second-order valence-electron chi connectivity index (χ2n) is 7.05. The predicted molar refractivity (Wildman–Crippen MR) is 110 cm³/mol. The number of benzene rings is 2. The Kier molecular flexibility index (Phi) is 8.32. The fourth-order valence-electron chi connectivity index (χ4n) is 3.27. The minimum Gasteiger partial charge on any atom is -0.494 e. The van der Waals surface area contributed by atoms with E-state index in [-0.39, 0.29) is 18.8 Å². The molecule has 4 nitrogen and oxygen atoms in total. The summed E-state index contributed by atoms with van der Waals surface area (Å²) >= 11 is 0. The van der Waals surface area contributed by atoms with Crippen molar-refractivity contribution < 1.29 is 17.7 Å². The first-order valence-electron chi connectivity index (χ1n) is 9.62. The summed E-state index contributed by atoms with van der Waals surface area (Å²) < 4.78 is 35.6. The van der Waals surface area contributed by atoms with Crippen molar-refractivity contribution in [1.29, 1.82) is 0 Å². The van der Waals surface area contributed by atoms with E-state index in [2.05, 4.69) is 56.3 Å². The van der Waals surface area contributed by atoms with Crippen LogP contribution in [0.1, 0.15) is 62.5 Å². The van der Waals surface area contributed by atoms with Gasteiger partial charge in [0.15, 0.2) is 0 Å². The van der Waals surface area contributed by atoms with Gasteiger partial charge in [-0.3, -0.25) is 4.55 Å². The Labute approximate surface area is 163 Å². The van der Waals surface area contributed by atoms with Gasteiger partial charge in [-0.1, -0.05) is 56.3 Å². The van der Waals surface area contributed by atoms with Gasteiger partial charge in [-0.25, -0.2) is 0 Å². The van der Waals surface area contributed by atoms with E-state index >= 15 is 0 Å². The molecule has 0 radical (unpaired) electrons. The zero-order valence-corrected chi connectivity index (χ0v) is 17.0. The van der Waals surface area contributed by atoms with E-state index in [4.69, 9.17) is 9.29 Å². The molecule has 0 aliphatic carbocycles. The minimum atomic E-state index is -3.91. The molecule has 2 unspecified atom stereocenters. The molecule has 0 aromatic heterocycles. The zero-order chi connectivity index (χ0) is 19.7. The number of rotatable bonds is 11. The normalized spacial score (nSPS) is 13.9. The zero-order valence-electron chi connectivity index (χ0n) is 16.2. The first-order valence-corrected chi connectivity index (χ1v) is 11.2. The van der Waals surface area contributed by atoms with Crippen LogP contribution in [0, 0.1) is 0 Å². The lowest BCUT2D eigenvalue weighted by Gasteiger charge is -2.19. The third kappa shape index (κ3) is 7.73. The largest absolute Gasteiger partial charge is 0.494 e. The monoisotopic (exact) mass is 390 g/mol. The maximum atomic E-state index is 10.7. The van der Waals surface area contributed by atoms with Crippen molar-refractivity contribution in [2.24, 2.45) is 0 Å². The molecule has 2 aromatic rings. The second-order valence-corrected chi connectivity index (χ2v) is 8.62. The summed E-state index contributed by atoms with van der Waals surface area (Å²) in [7, 11) is -3.91. The topological polar surface area (TPSA) is 63.6 Å². The van der Waals surface area contributed by atoms with Crippen LogP contribution in [0.4, 0.5) is 0 Å². The van der Waals surface area contributed by atoms with Crippen LogP contribution in [0.5, 0.6) is 5.75 Å². The molecule has 148 valence electrons. The van der Waals surface area contributed by atoms with Crippen LogP contribution in [0.25, 0.3) is 0 Å². The second kappa shape index (κ2) is 10.5. The van der Waals surface area contributed by atoms with Crippen molar-refractivity contribution in [3.63, 3.8) is 0 Å². The van der Waals surface area contributed by atoms with E-state index in [1.165, 1.54) is 11.1 Å². The van der Waals surface area contributed by atoms with Crippen molar-refractivity contribution >= 4 is 10.1 Å². The molecule has 2 aromatic carbocycles. The molecule has 2 atom stereocenters. The van der Waals surface area contributed by atoms with Gasteiger partial charge in [-0.05, 0) is 60.8 Å². The molecule has 0 aliphatic rings. The SMILES string of the molecule is CCC(CCC(C)c1ccc(OCCCS(=O)(=O)O)cc1)c1ccccc1. The Bertz CT molecular complexity index is 770. The van der Waals surface area contributed by atoms with Gasteiger partial charge >= 0.3 is 0 Å². The molecule has 0 aliphatic heterocycles. The maximum Gasteiger partial charge on any atom is 0.264 e. The molecule has 1 N–H and O–H groups in total. The van der Waals surface area contributed by atoms with E-state index in [0.29, 0.717) is 11.8 Å². The molecule has 0 saturated carbocycles. The van der Waals surface area contributed by atoms with Gasteiger partial charge in [-0.2, -0.15) is 8.42 Å². The van der Waals surface area contributed by atoms with Crippen LogP contribution in [0.2, 0.25) is 0 Å². The molecule has 0 heterocycles. The lowest BCUT2D eigenvalue weighted by molar-refractivity contribution is 0.316. The molecule has 27 heavy (non-hydrogen) atoms. The van der Waals surface area contributed by atoms with E-state index in [1.54, 1.807) is 0 Å². The van der Waals surface area contributed by atoms with Crippen LogP contribution in [0.15, 0.2) is 54.6 Å². The molecule has 2 rings (SSSR count). The summed E-state index contributed by atoms with van der Waals surface area (Å²) in [6.45, 7) is 4.76. The Morgan fingerprint density at radius 2 is 1.63 bits per heavy atom. The van der Waals surface area contributed by atoms with Crippen LogP contribution in [0.3, 0.4) is 0 Å². The summed E-state index contributed by atoms with van der Waals surface area (Å²) in [5.41, 5.74) is 2.70. The average Bonchev–Trinajstić information content (AvgIpc) is 2.66. The third-order valence-corrected chi connectivity index (χ3v) is 5.78. The Morgan fingerprint density at radius 3 is 2.22 bits per heavy atom. The van der Waals surface area contributed by atoms with Crippen LogP contribution in [-0.4, -0.2) is 25.3 Å². The highest BCUT2D eigenvalue weighted by molar-refractivity contribution is 7.85. The van der Waals surface area contributed by atoms with Crippen molar-refractivity contribution in [1.82, 2.24) is 0 Å². The quantitative estimate of drug-likeness (QED) is 0.411. The molecule has 0 bridgehead atoms. The summed E-state index contributed by atoms with van der Waals surface area (Å²) in [5, 5.41) is 0. The molecule has 0 saturated heterocycles. The smallest absolute Gasteiger partial charge is 0.264 e. The summed E-state index contributed by atoms with van der Waals surface area (Å²) in [6.07, 6.45) is 3.71. The van der Waals surface area contributed by atoms with Crippen molar-refractivity contribution in [2.75, 3.05) is 12.4 Å². The van der Waals surface area contributed by atoms with Crippen molar-refractivity contribution in [2.45, 2.75) is 51.4 Å². The fraction of sp³-hybridized carbons (Fsp3) is 0.455. The standard InChI is InChI=1S/C22H30O4S/c1-3-19(21-8-5-4-6-9-21)11-10-18(2)20-12-14-22(15-13-20)26-16-7-17-27(23,24)25/h4-6,8-9,12-15,18-19H,3,7,10-11,16-17H2,1-2H3,(H,23,24,25). The van der Waals surface area contributed by atoms with Crippen LogP contribution >= 0.6 is 0 Å². The molecular weight excluding hydrogens is 360 g/mol. The average molecular weight is 391 g/mol. The van der Waals surface area contributed by atoms with Gasteiger partial charge in [0.2, 0.25) is 0 Å². The minimum absolute atomic E-state index is 0.268. The van der Waals surface area contributed by atoms with Crippen LogP contribution < -0.4 is 4.74 Å². The highest BCUT2D eigenvalue weighted by Gasteiger charge is 2.13. The summed E-state index contributed by atoms with van der Waals surface area (Å²) in [5.74, 6) is 1.51. The number of ether oxygens (including phenoxy) is 1. The van der Waals surface area contributed by atoms with Gasteiger partial charge in [0, 0.05) is 0 Å². The van der Waals surface area contributed by atoms with E-state index in [0.717, 1.165) is 25.0 Å². The lowest BCUT2D eigenvalue weighted by Crippen LogP contribution is -2.08. The first-order chi connectivity index (χ1) is 12.9. The summed E-state index contributed by atoms with van der Waals surface area (Å²) in [6, 6.07) is 18.7. The molecule has 0 amide bonds. The highest BCUT2D eigenvalue weighted by Crippen LogP contribution is 2.30. The van der Waals surface area contributed by atoms with Gasteiger partial charge in [0.05, 0.1) is 12.4 Å². The van der Waals surface area contributed by atoms with Crippen LogP contribution in [-0.2, 0) is 10.1 Å². The van der Waals surface area contributed by atoms with Gasteiger partial charge in [-0.15, -0.1) is 0 Å². The van der Waals surface area contributed by atoms with Gasteiger partial charge in [0.1, 0.15) is 5.75 Å². The fourth-order valence-corrected chi connectivity index (χ4v) is 3.76. The van der Waals surface area contributed by atoms with E-state index in [9.17, 15) is 8.42 Å². The van der Waals surface area contributed by atoms with E-state index < -0.39 is 10.1 Å². The third-order valence-electron chi connectivity index (χ3n) is 4.98. The lowest BCUT2D eigenvalue weighted by atomic mass is 9.87. The maximum absolute atomic E-state index is 10.7. The first kappa shape index (κ1) is 21.5. The number of hydrogen-bond acceptors (Lipinski definition) is 3.